The van der Waals surface area contributed by atoms with Crippen molar-refractivity contribution in [2.75, 3.05) is 31.6 Å². The molecular weight excluding hydrogens is 240 g/mol. The van der Waals surface area contributed by atoms with Crippen molar-refractivity contribution in [1.82, 2.24) is 24.9 Å². The van der Waals surface area contributed by atoms with Crippen molar-refractivity contribution in [3.63, 3.8) is 0 Å². The van der Waals surface area contributed by atoms with Crippen LogP contribution in [0.1, 0.15) is 18.5 Å². The molecular formula is C13H20N6. The van der Waals surface area contributed by atoms with Crippen molar-refractivity contribution < 1.29 is 0 Å². The quantitative estimate of drug-likeness (QED) is 0.887. The molecule has 2 aromatic rings. The standard InChI is InChI=1S/C13H20N6/c1-10-7-12(19-13(17-10)15-9-16-19)18(2)8-11-3-5-14-6-4-11/h7,9,11,14H,3-6,8H2,1-2H3. The number of hydrogen-bond donors (Lipinski definition) is 1. The Hall–Kier alpha value is -1.69. The third-order valence-corrected chi connectivity index (χ3v) is 3.74. The minimum Gasteiger partial charge on any atom is -0.359 e. The molecule has 0 saturated carbocycles. The Bertz CT molecular complexity index is 557. The second-order valence-electron chi connectivity index (χ2n) is 5.30. The van der Waals surface area contributed by atoms with Gasteiger partial charge < -0.3 is 10.2 Å². The van der Waals surface area contributed by atoms with E-state index in [0.29, 0.717) is 5.78 Å². The first-order chi connectivity index (χ1) is 9.24. The predicted molar refractivity (Wildman–Crippen MR) is 74.4 cm³/mol. The van der Waals surface area contributed by atoms with Crippen molar-refractivity contribution in [2.24, 2.45) is 5.92 Å². The van der Waals surface area contributed by atoms with Crippen molar-refractivity contribution in [1.29, 1.82) is 0 Å². The van der Waals surface area contributed by atoms with Crippen molar-refractivity contribution in [3.8, 4) is 0 Å². The van der Waals surface area contributed by atoms with Gasteiger partial charge in [0.15, 0.2) is 0 Å². The minimum absolute atomic E-state index is 0.673. The number of nitrogens with zero attached hydrogens (tertiary/aromatic N) is 5. The molecule has 6 heteroatoms. The van der Waals surface area contributed by atoms with Crippen LogP contribution in [0.15, 0.2) is 12.4 Å². The van der Waals surface area contributed by atoms with Crippen LogP contribution >= 0.6 is 0 Å². The van der Waals surface area contributed by atoms with Gasteiger partial charge in [0, 0.05) is 25.4 Å². The number of anilines is 1. The maximum absolute atomic E-state index is 4.38. The van der Waals surface area contributed by atoms with E-state index in [0.717, 1.165) is 37.1 Å². The summed E-state index contributed by atoms with van der Waals surface area (Å²) in [6.07, 6.45) is 4.05. The molecule has 0 aliphatic carbocycles. The maximum atomic E-state index is 4.38. The number of hydrogen-bond acceptors (Lipinski definition) is 5. The number of aryl methyl sites for hydroxylation is 1. The highest BCUT2D eigenvalue weighted by Gasteiger charge is 2.17. The molecule has 0 atom stereocenters. The third kappa shape index (κ3) is 2.53. The molecule has 0 spiro atoms. The minimum atomic E-state index is 0.673. The SMILES string of the molecule is Cc1cc(N(C)CC2CCNCC2)n2ncnc2n1. The van der Waals surface area contributed by atoms with Crippen molar-refractivity contribution in [3.05, 3.63) is 18.1 Å². The highest BCUT2D eigenvalue weighted by molar-refractivity contribution is 5.46. The average molecular weight is 260 g/mol. The van der Waals surface area contributed by atoms with Gasteiger partial charge in [-0.05, 0) is 38.8 Å². The first-order valence-corrected chi connectivity index (χ1v) is 6.83. The van der Waals surface area contributed by atoms with E-state index in [1.54, 1.807) is 6.33 Å². The van der Waals surface area contributed by atoms with Crippen LogP contribution in [0.2, 0.25) is 0 Å². The Kier molecular flexibility index (Phi) is 3.33. The van der Waals surface area contributed by atoms with Crippen LogP contribution in [0.3, 0.4) is 0 Å². The second-order valence-corrected chi connectivity index (χ2v) is 5.30. The fourth-order valence-electron chi connectivity index (χ4n) is 2.73. The van der Waals surface area contributed by atoms with Gasteiger partial charge >= 0.3 is 0 Å². The molecule has 0 amide bonds. The lowest BCUT2D eigenvalue weighted by atomic mass is 9.98. The van der Waals surface area contributed by atoms with E-state index in [4.69, 9.17) is 0 Å². The molecule has 0 radical (unpaired) electrons. The van der Waals surface area contributed by atoms with Gasteiger partial charge in [0.1, 0.15) is 12.1 Å². The van der Waals surface area contributed by atoms with Crippen molar-refractivity contribution in [2.45, 2.75) is 19.8 Å². The van der Waals surface area contributed by atoms with Crippen LogP contribution in [0, 0.1) is 12.8 Å². The Morgan fingerprint density at radius 1 is 1.42 bits per heavy atom. The second kappa shape index (κ2) is 5.13. The Labute approximate surface area is 112 Å². The fraction of sp³-hybridized carbons (Fsp3) is 0.615. The molecule has 6 nitrogen and oxygen atoms in total. The van der Waals surface area contributed by atoms with Crippen molar-refractivity contribution >= 4 is 11.6 Å². The molecule has 2 aromatic heterocycles. The molecule has 3 rings (SSSR count). The zero-order valence-corrected chi connectivity index (χ0v) is 11.5. The van der Waals surface area contributed by atoms with E-state index in [1.165, 1.54) is 12.8 Å². The number of nitrogens with one attached hydrogen (secondary N) is 1. The van der Waals surface area contributed by atoms with Gasteiger partial charge in [-0.2, -0.15) is 14.6 Å². The van der Waals surface area contributed by atoms with E-state index >= 15 is 0 Å². The van der Waals surface area contributed by atoms with Gasteiger partial charge in [-0.25, -0.2) is 4.98 Å². The zero-order valence-electron chi connectivity index (χ0n) is 11.5. The molecule has 1 saturated heterocycles. The normalized spacial score (nSPS) is 16.9. The van der Waals surface area contributed by atoms with E-state index in [2.05, 4.69) is 38.4 Å². The monoisotopic (exact) mass is 260 g/mol. The highest BCUT2D eigenvalue weighted by Crippen LogP contribution is 2.19. The lowest BCUT2D eigenvalue weighted by Gasteiger charge is -2.28. The number of aromatic nitrogens is 4. The Balaban J connectivity index is 1.83. The molecule has 102 valence electrons. The Morgan fingerprint density at radius 2 is 2.21 bits per heavy atom. The molecule has 1 N–H and O–H groups in total. The fourth-order valence-corrected chi connectivity index (χ4v) is 2.73. The maximum Gasteiger partial charge on any atom is 0.254 e. The van der Waals surface area contributed by atoms with E-state index in [9.17, 15) is 0 Å². The zero-order chi connectivity index (χ0) is 13.2. The molecule has 0 bridgehead atoms. The first kappa shape index (κ1) is 12.3. The molecule has 0 unspecified atom stereocenters. The summed E-state index contributed by atoms with van der Waals surface area (Å²) in [5, 5.41) is 7.67. The Morgan fingerprint density at radius 3 is 3.00 bits per heavy atom. The lowest BCUT2D eigenvalue weighted by molar-refractivity contribution is 0.377. The summed E-state index contributed by atoms with van der Waals surface area (Å²) >= 11 is 0. The summed E-state index contributed by atoms with van der Waals surface area (Å²) < 4.78 is 1.81. The van der Waals surface area contributed by atoms with Crippen LogP contribution in [0.5, 0.6) is 0 Å². The summed E-state index contributed by atoms with van der Waals surface area (Å²) in [4.78, 5) is 10.8. The van der Waals surface area contributed by atoms with Gasteiger partial charge in [-0.3, -0.25) is 0 Å². The van der Waals surface area contributed by atoms with Gasteiger partial charge in [-0.1, -0.05) is 0 Å². The van der Waals surface area contributed by atoms with Crippen LogP contribution < -0.4 is 10.2 Å². The summed E-state index contributed by atoms with van der Waals surface area (Å²) in [5.74, 6) is 2.49. The van der Waals surface area contributed by atoms with E-state index in [-0.39, 0.29) is 0 Å². The molecule has 1 fully saturated rings. The highest BCUT2D eigenvalue weighted by atomic mass is 15.4. The summed E-state index contributed by atoms with van der Waals surface area (Å²) in [5.41, 5.74) is 0.979. The van der Waals surface area contributed by atoms with Gasteiger partial charge in [0.05, 0.1) is 0 Å². The van der Waals surface area contributed by atoms with Gasteiger partial charge in [-0.15, -0.1) is 0 Å². The number of rotatable bonds is 3. The third-order valence-electron chi connectivity index (χ3n) is 3.74. The molecule has 1 aliphatic heterocycles. The van der Waals surface area contributed by atoms with Crippen LogP contribution in [0.4, 0.5) is 5.82 Å². The van der Waals surface area contributed by atoms with Gasteiger partial charge in [0.2, 0.25) is 0 Å². The van der Waals surface area contributed by atoms with E-state index < -0.39 is 0 Å². The predicted octanol–water partition coefficient (Wildman–Crippen LogP) is 0.869. The van der Waals surface area contributed by atoms with E-state index in [1.807, 2.05) is 11.4 Å². The number of fused-ring (bicyclic) bond motifs is 1. The van der Waals surface area contributed by atoms with Crippen LogP contribution in [-0.2, 0) is 0 Å². The average Bonchev–Trinajstić information content (AvgIpc) is 2.86. The molecule has 1 aliphatic rings. The van der Waals surface area contributed by atoms with Crippen LogP contribution in [0.25, 0.3) is 5.78 Å². The van der Waals surface area contributed by atoms with Gasteiger partial charge in [0.25, 0.3) is 5.78 Å². The summed E-state index contributed by atoms with van der Waals surface area (Å²) in [6.45, 7) is 5.32. The largest absolute Gasteiger partial charge is 0.359 e. The summed E-state index contributed by atoms with van der Waals surface area (Å²) in [7, 11) is 2.12. The first-order valence-electron chi connectivity index (χ1n) is 6.83. The summed E-state index contributed by atoms with van der Waals surface area (Å²) in [6, 6.07) is 2.07. The molecule has 19 heavy (non-hydrogen) atoms. The van der Waals surface area contributed by atoms with Crippen LogP contribution in [-0.4, -0.2) is 46.3 Å². The number of piperidine rings is 1. The topological polar surface area (TPSA) is 58.4 Å². The molecule has 0 aromatic carbocycles. The lowest BCUT2D eigenvalue weighted by Crippen LogP contribution is -2.35. The smallest absolute Gasteiger partial charge is 0.254 e. The molecule has 3 heterocycles.